The van der Waals surface area contributed by atoms with Crippen molar-refractivity contribution in [1.29, 1.82) is 0 Å². The van der Waals surface area contributed by atoms with Crippen LogP contribution in [0, 0.1) is 0 Å². The van der Waals surface area contributed by atoms with Crippen molar-refractivity contribution in [3.63, 3.8) is 0 Å². The highest BCUT2D eigenvalue weighted by Gasteiger charge is 2.30. The minimum atomic E-state index is -3.31. The summed E-state index contributed by atoms with van der Waals surface area (Å²) in [4.78, 5) is 50.8. The van der Waals surface area contributed by atoms with Crippen LogP contribution in [0.15, 0.2) is 24.3 Å². The number of carbonyl (C=O) groups is 4. The van der Waals surface area contributed by atoms with E-state index in [2.05, 4.69) is 5.32 Å². The molecule has 3 rings (SSSR count). The molecule has 0 unspecified atom stereocenters. The monoisotopic (exact) mass is 438 g/mol. The third-order valence-corrected chi connectivity index (χ3v) is 6.19. The zero-order valence-electron chi connectivity index (χ0n) is 16.4. The van der Waals surface area contributed by atoms with E-state index >= 15 is 0 Å². The van der Waals surface area contributed by atoms with Crippen molar-refractivity contribution in [2.45, 2.75) is 6.54 Å². The molecular formula is C18H22N4O7S. The van der Waals surface area contributed by atoms with Crippen molar-refractivity contribution in [2.24, 2.45) is 0 Å². The Kier molecular flexibility index (Phi) is 6.37. The number of nitrogens with zero attached hydrogens (tertiary/aromatic N) is 3. The number of hydrogen-bond donors (Lipinski definition) is 1. The van der Waals surface area contributed by atoms with Gasteiger partial charge in [-0.15, -0.1) is 0 Å². The van der Waals surface area contributed by atoms with E-state index in [-0.39, 0.29) is 44.8 Å². The summed E-state index contributed by atoms with van der Waals surface area (Å²) in [6.07, 6.45) is 1.11. The largest absolute Gasteiger partial charge is 0.452 e. The number of sulfonamides is 1. The van der Waals surface area contributed by atoms with E-state index in [0.717, 1.165) is 11.2 Å². The van der Waals surface area contributed by atoms with Crippen molar-refractivity contribution in [1.82, 2.24) is 19.4 Å². The van der Waals surface area contributed by atoms with E-state index < -0.39 is 40.4 Å². The highest BCUT2D eigenvalue weighted by Crippen LogP contribution is 2.15. The molecule has 1 N–H and O–H groups in total. The Hall–Kier alpha value is -2.99. The van der Waals surface area contributed by atoms with Gasteiger partial charge in [0.05, 0.1) is 24.9 Å². The van der Waals surface area contributed by atoms with Gasteiger partial charge in [-0.25, -0.2) is 18.0 Å². The lowest BCUT2D eigenvalue weighted by molar-refractivity contribution is -0.135. The van der Waals surface area contributed by atoms with E-state index in [1.807, 2.05) is 0 Å². The van der Waals surface area contributed by atoms with E-state index in [4.69, 9.17) is 4.74 Å². The molecule has 30 heavy (non-hydrogen) atoms. The van der Waals surface area contributed by atoms with Gasteiger partial charge >= 0.3 is 12.0 Å². The second-order valence-electron chi connectivity index (χ2n) is 6.91. The predicted octanol–water partition coefficient (Wildman–Crippen LogP) is -1.00. The van der Waals surface area contributed by atoms with Crippen LogP contribution in [0.4, 0.5) is 4.79 Å². The van der Waals surface area contributed by atoms with Crippen LogP contribution in [0.5, 0.6) is 0 Å². The Morgan fingerprint density at radius 3 is 2.37 bits per heavy atom. The molecular weight excluding hydrogens is 416 g/mol. The third-order valence-electron chi connectivity index (χ3n) is 4.89. The minimum Gasteiger partial charge on any atom is -0.452 e. The smallest absolute Gasteiger partial charge is 0.338 e. The molecule has 0 saturated carbocycles. The van der Waals surface area contributed by atoms with Crippen molar-refractivity contribution < 1.29 is 32.3 Å². The molecule has 1 aromatic carbocycles. The first kappa shape index (κ1) is 21.7. The summed E-state index contributed by atoms with van der Waals surface area (Å²) in [7, 11) is -3.31. The summed E-state index contributed by atoms with van der Waals surface area (Å²) in [6, 6.07) is 5.83. The highest BCUT2D eigenvalue weighted by atomic mass is 32.2. The first-order valence-electron chi connectivity index (χ1n) is 9.23. The predicted molar refractivity (Wildman–Crippen MR) is 104 cm³/mol. The number of piperazine rings is 1. The second kappa shape index (κ2) is 8.79. The van der Waals surface area contributed by atoms with Crippen molar-refractivity contribution in [3.8, 4) is 0 Å². The quantitative estimate of drug-likeness (QED) is 0.445. The molecule has 2 saturated heterocycles. The number of ether oxygens (including phenoxy) is 1. The van der Waals surface area contributed by atoms with Crippen LogP contribution in [0.3, 0.4) is 0 Å². The number of urea groups is 1. The van der Waals surface area contributed by atoms with Crippen LogP contribution in [-0.2, 0) is 30.9 Å². The van der Waals surface area contributed by atoms with Crippen molar-refractivity contribution >= 4 is 33.8 Å². The summed E-state index contributed by atoms with van der Waals surface area (Å²) in [6.45, 7) is 0.137. The Balaban J connectivity index is 1.57. The van der Waals surface area contributed by atoms with Crippen LogP contribution in [0.1, 0.15) is 15.9 Å². The Labute approximate surface area is 173 Å². The highest BCUT2D eigenvalue weighted by molar-refractivity contribution is 7.88. The van der Waals surface area contributed by atoms with Gasteiger partial charge in [-0.05, 0) is 11.6 Å². The van der Waals surface area contributed by atoms with E-state index in [1.54, 1.807) is 18.2 Å². The molecule has 0 bridgehead atoms. The zero-order chi connectivity index (χ0) is 21.9. The summed E-state index contributed by atoms with van der Waals surface area (Å²) in [5.74, 6) is -1.57. The number of hydrogen-bond acceptors (Lipinski definition) is 7. The lowest BCUT2D eigenvalue weighted by Crippen LogP contribution is -2.51. The van der Waals surface area contributed by atoms with Gasteiger partial charge in [0.2, 0.25) is 15.9 Å². The third kappa shape index (κ3) is 4.94. The topological polar surface area (TPSA) is 133 Å². The van der Waals surface area contributed by atoms with Gasteiger partial charge in [0.1, 0.15) is 0 Å². The molecule has 2 aliphatic heterocycles. The summed E-state index contributed by atoms with van der Waals surface area (Å²) in [5, 5.41) is 2.41. The molecule has 0 aliphatic carbocycles. The molecule has 2 heterocycles. The van der Waals surface area contributed by atoms with Gasteiger partial charge in [-0.2, -0.15) is 4.31 Å². The molecule has 2 fully saturated rings. The van der Waals surface area contributed by atoms with E-state index in [0.29, 0.717) is 5.56 Å². The Morgan fingerprint density at radius 1 is 1.10 bits per heavy atom. The molecule has 2 aliphatic rings. The van der Waals surface area contributed by atoms with Gasteiger partial charge in [-0.3, -0.25) is 14.5 Å². The van der Waals surface area contributed by atoms with Crippen LogP contribution in [-0.4, -0.2) is 91.9 Å². The molecule has 11 nitrogen and oxygen atoms in total. The SMILES string of the molecule is CS(=O)(=O)N1CCN(C(=O)COC(=O)c2ccccc2CN2C(=O)CNC2=O)CC1. The number of rotatable bonds is 6. The lowest BCUT2D eigenvalue weighted by Gasteiger charge is -2.33. The van der Waals surface area contributed by atoms with Gasteiger partial charge in [0, 0.05) is 26.2 Å². The number of carbonyl (C=O) groups excluding carboxylic acids is 4. The fourth-order valence-electron chi connectivity index (χ4n) is 3.21. The number of imide groups is 1. The van der Waals surface area contributed by atoms with Crippen LogP contribution in [0.2, 0.25) is 0 Å². The molecule has 0 atom stereocenters. The standard InChI is InChI=1S/C18H22N4O7S/c1-30(27,28)21-8-6-20(7-9-21)16(24)12-29-17(25)14-5-3-2-4-13(14)11-22-15(23)10-19-18(22)26/h2-5H,6-12H2,1H3,(H,19,26). The summed E-state index contributed by atoms with van der Waals surface area (Å²) in [5.41, 5.74) is 0.571. The van der Waals surface area contributed by atoms with Crippen LogP contribution in [0.25, 0.3) is 0 Å². The fourth-order valence-corrected chi connectivity index (χ4v) is 4.04. The maximum Gasteiger partial charge on any atom is 0.338 e. The molecule has 0 radical (unpaired) electrons. The number of esters is 1. The first-order chi connectivity index (χ1) is 14.2. The molecule has 0 spiro atoms. The number of nitrogens with one attached hydrogen (secondary N) is 1. The number of benzene rings is 1. The van der Waals surface area contributed by atoms with Crippen LogP contribution < -0.4 is 5.32 Å². The molecule has 162 valence electrons. The van der Waals surface area contributed by atoms with Gasteiger partial charge < -0.3 is 15.0 Å². The maximum absolute atomic E-state index is 12.5. The fraction of sp³-hybridized carbons (Fsp3) is 0.444. The molecule has 12 heteroatoms. The van der Waals surface area contributed by atoms with Crippen molar-refractivity contribution in [3.05, 3.63) is 35.4 Å². The molecule has 1 aromatic rings. The van der Waals surface area contributed by atoms with E-state index in [9.17, 15) is 27.6 Å². The summed E-state index contributed by atoms with van der Waals surface area (Å²) < 4.78 is 29.5. The average Bonchev–Trinajstić information content (AvgIpc) is 3.03. The Bertz CT molecular complexity index is 955. The number of amides is 4. The molecule has 4 amide bonds. The van der Waals surface area contributed by atoms with Gasteiger partial charge in [0.25, 0.3) is 5.91 Å². The average molecular weight is 438 g/mol. The normalized spacial score (nSPS) is 17.8. The van der Waals surface area contributed by atoms with Crippen LogP contribution >= 0.6 is 0 Å². The van der Waals surface area contributed by atoms with Gasteiger partial charge in [0.15, 0.2) is 6.61 Å². The second-order valence-corrected chi connectivity index (χ2v) is 8.90. The zero-order valence-corrected chi connectivity index (χ0v) is 17.2. The lowest BCUT2D eigenvalue weighted by atomic mass is 10.1. The summed E-state index contributed by atoms with van der Waals surface area (Å²) >= 11 is 0. The maximum atomic E-state index is 12.5. The minimum absolute atomic E-state index is 0.0860. The molecule has 0 aromatic heterocycles. The van der Waals surface area contributed by atoms with Gasteiger partial charge in [-0.1, -0.05) is 18.2 Å². The van der Waals surface area contributed by atoms with Crippen molar-refractivity contribution in [2.75, 3.05) is 45.6 Å². The first-order valence-corrected chi connectivity index (χ1v) is 11.1. The van der Waals surface area contributed by atoms with E-state index in [1.165, 1.54) is 15.3 Å². The Morgan fingerprint density at radius 2 is 1.77 bits per heavy atom.